The Bertz CT molecular complexity index is 2210. The van der Waals surface area contributed by atoms with Crippen molar-refractivity contribution in [2.45, 2.75) is 57.7 Å². The van der Waals surface area contributed by atoms with Crippen LogP contribution < -0.4 is 21.3 Å². The number of rotatable bonds is 10. The highest BCUT2D eigenvalue weighted by Gasteiger charge is 2.63. The number of carbonyl (C=O) groups excluding carboxylic acids is 7. The Morgan fingerprint density at radius 1 is 0.966 bits per heavy atom. The number of nitrogens with zero attached hydrogens (tertiary/aromatic N) is 3. The molecular formula is C40H48N6O13. The zero-order valence-electron chi connectivity index (χ0n) is 33.8. The highest BCUT2D eigenvalue weighted by molar-refractivity contribution is 6.25. The number of nitrogens with one attached hydrogen (secondary N) is 2. The van der Waals surface area contributed by atoms with E-state index in [9.17, 15) is 54.0 Å². The third kappa shape index (κ3) is 8.02. The average Bonchev–Trinajstić information content (AvgIpc) is 3.12. The SMILES string of the molecule is CC(=O)Nc1ccc(C(=O)OCOC(=O)N(CC(=O)Nc2cc(N(C)C)c3c(c2O)C(=O)C2=C(O)[C@]4(O)C(=O)C(C(N)=O)=C(O)[C@@H](N(C)C)[C@@H]4C[C@@H]2C3)C(C)(C)C)cc1. The number of aromatic hydroxyl groups is 1. The molecule has 3 aliphatic rings. The van der Waals surface area contributed by atoms with E-state index in [4.69, 9.17) is 15.2 Å². The maximum Gasteiger partial charge on any atom is 0.413 e. The number of carbonyl (C=O) groups is 7. The lowest BCUT2D eigenvalue weighted by Gasteiger charge is -2.50. The normalized spacial score (nSPS) is 21.2. The molecule has 2 aromatic carbocycles. The number of fused-ring (bicyclic) bond motifs is 3. The summed E-state index contributed by atoms with van der Waals surface area (Å²) in [6.45, 7) is 4.74. The number of ether oxygens (including phenoxy) is 2. The summed E-state index contributed by atoms with van der Waals surface area (Å²) in [5.41, 5.74) is 0.972. The van der Waals surface area contributed by atoms with E-state index < -0.39 is 101 Å². The largest absolute Gasteiger partial charge is 0.510 e. The lowest BCUT2D eigenvalue weighted by molar-refractivity contribution is -0.148. The first-order valence-corrected chi connectivity index (χ1v) is 18.4. The lowest BCUT2D eigenvalue weighted by atomic mass is 9.58. The Labute approximate surface area is 339 Å². The number of nitrogens with two attached hydrogens (primary N) is 1. The van der Waals surface area contributed by atoms with E-state index in [2.05, 4.69) is 10.6 Å². The van der Waals surface area contributed by atoms with Crippen molar-refractivity contribution in [2.24, 2.45) is 17.6 Å². The van der Waals surface area contributed by atoms with E-state index in [1.807, 2.05) is 0 Å². The molecule has 4 amide bonds. The van der Waals surface area contributed by atoms with Crippen LogP contribution in [0, 0.1) is 11.8 Å². The van der Waals surface area contributed by atoms with E-state index >= 15 is 0 Å². The first-order chi connectivity index (χ1) is 27.4. The number of esters is 1. The standard InChI is InChI=1S/C40H48N6O13/c1-18(47)42-21-11-9-19(10-12-21)37(55)58-17-59-38(56)46(39(2,3)4)16-26(48)43-24-15-25(44(5)6)22-13-20-14-23-30(45(7)8)33(51)29(36(41)54)35(53)40(23,57)34(52)27(20)32(50)28(22)31(24)49/h9-12,15,20,23,30,49,51-52,57H,13-14,16-17H2,1-8H3,(H2,41,54)(H,42,47)(H,43,48)/t20-,23-,30-,40-/m0/s1. The second-order valence-electron chi connectivity index (χ2n) is 16.0. The van der Waals surface area contributed by atoms with E-state index in [0.29, 0.717) is 16.9 Å². The molecule has 59 heavy (non-hydrogen) atoms. The van der Waals surface area contributed by atoms with Gasteiger partial charge in [0.05, 0.1) is 22.9 Å². The van der Waals surface area contributed by atoms with Gasteiger partial charge >= 0.3 is 12.1 Å². The van der Waals surface area contributed by atoms with Crippen molar-refractivity contribution in [3.8, 4) is 5.75 Å². The molecule has 0 saturated heterocycles. The first-order valence-electron chi connectivity index (χ1n) is 18.4. The molecule has 5 rings (SSSR count). The van der Waals surface area contributed by atoms with Crippen LogP contribution in [-0.4, -0.2) is 130 Å². The molecule has 3 aliphatic carbocycles. The fourth-order valence-corrected chi connectivity index (χ4v) is 7.89. The van der Waals surface area contributed by atoms with Gasteiger partial charge in [-0.2, -0.15) is 0 Å². The summed E-state index contributed by atoms with van der Waals surface area (Å²) < 4.78 is 10.2. The van der Waals surface area contributed by atoms with Crippen LogP contribution in [-0.2, 0) is 35.1 Å². The molecule has 0 fully saturated rings. The van der Waals surface area contributed by atoms with E-state index in [-0.39, 0.29) is 41.1 Å². The molecule has 0 unspecified atom stereocenters. The number of amides is 4. The number of hydrogen-bond donors (Lipinski definition) is 7. The number of allylic oxidation sites excluding steroid dienone is 1. The smallest absolute Gasteiger partial charge is 0.413 e. The van der Waals surface area contributed by atoms with E-state index in [1.165, 1.54) is 56.3 Å². The fraction of sp³-hybridized carbons (Fsp3) is 0.425. The number of anilines is 3. The number of benzene rings is 2. The Kier molecular flexibility index (Phi) is 11.9. The Morgan fingerprint density at radius 3 is 2.14 bits per heavy atom. The topological polar surface area (TPSA) is 279 Å². The van der Waals surface area contributed by atoms with Crippen molar-refractivity contribution in [1.29, 1.82) is 0 Å². The van der Waals surface area contributed by atoms with Crippen LogP contribution in [0.1, 0.15) is 60.4 Å². The number of hydrogen-bond acceptors (Lipinski definition) is 15. The molecule has 0 bridgehead atoms. The Balaban J connectivity index is 1.40. The predicted molar refractivity (Wildman–Crippen MR) is 211 cm³/mol. The predicted octanol–water partition coefficient (Wildman–Crippen LogP) is 2.14. The number of Topliss-reactive ketones (excluding diaryl/α,β-unsaturated/α-hetero) is 2. The molecule has 0 heterocycles. The second kappa shape index (κ2) is 16.1. The Morgan fingerprint density at radius 2 is 1.59 bits per heavy atom. The molecule has 0 aromatic heterocycles. The highest BCUT2D eigenvalue weighted by Crippen LogP contribution is 2.54. The minimum Gasteiger partial charge on any atom is -0.510 e. The monoisotopic (exact) mass is 820 g/mol. The van der Waals surface area contributed by atoms with Gasteiger partial charge in [0.1, 0.15) is 23.6 Å². The average molecular weight is 821 g/mol. The van der Waals surface area contributed by atoms with Gasteiger partial charge in [-0.1, -0.05) is 0 Å². The number of ketones is 2. The van der Waals surface area contributed by atoms with Crippen molar-refractivity contribution in [1.82, 2.24) is 9.80 Å². The van der Waals surface area contributed by atoms with Gasteiger partial charge in [0.25, 0.3) is 5.91 Å². The Hall–Kier alpha value is -6.47. The van der Waals surface area contributed by atoms with E-state index in [1.54, 1.807) is 39.8 Å². The summed E-state index contributed by atoms with van der Waals surface area (Å²) in [5, 5.41) is 51.3. The summed E-state index contributed by atoms with van der Waals surface area (Å²) in [4.78, 5) is 95.0. The van der Waals surface area contributed by atoms with Gasteiger partial charge in [0.15, 0.2) is 17.1 Å². The van der Waals surface area contributed by atoms with Gasteiger partial charge in [-0.25, -0.2) is 9.59 Å². The second-order valence-corrected chi connectivity index (χ2v) is 16.0. The lowest BCUT2D eigenvalue weighted by Crippen LogP contribution is -2.63. The summed E-state index contributed by atoms with van der Waals surface area (Å²) in [5.74, 6) is -10.1. The zero-order chi connectivity index (χ0) is 44.0. The van der Waals surface area contributed by atoms with Crippen LogP contribution >= 0.6 is 0 Å². The van der Waals surface area contributed by atoms with Crippen LogP contribution in [0.15, 0.2) is 53.0 Å². The molecule has 0 radical (unpaired) electrons. The molecule has 316 valence electrons. The maximum atomic E-state index is 14.4. The number of phenols is 1. The molecule has 0 aliphatic heterocycles. The molecular weight excluding hydrogens is 772 g/mol. The van der Waals surface area contributed by atoms with Crippen molar-refractivity contribution >= 4 is 58.4 Å². The number of likely N-dealkylation sites (N-methyl/N-ethyl adjacent to an activating group) is 1. The third-order valence-corrected chi connectivity index (χ3v) is 10.6. The summed E-state index contributed by atoms with van der Waals surface area (Å²) in [6, 6.07) is 6.06. The fourth-order valence-electron chi connectivity index (χ4n) is 7.89. The molecule has 8 N–H and O–H groups in total. The molecule has 0 spiro atoms. The number of phenolic OH excluding ortho intramolecular Hbond substituents is 1. The molecule has 4 atom stereocenters. The van der Waals surface area contributed by atoms with Gasteiger partial charge in [-0.05, 0) is 89.5 Å². The van der Waals surface area contributed by atoms with Crippen molar-refractivity contribution in [3.05, 3.63) is 69.7 Å². The van der Waals surface area contributed by atoms with Gasteiger partial charge in [0, 0.05) is 49.4 Å². The number of primary amides is 1. The maximum absolute atomic E-state index is 14.4. The minimum atomic E-state index is -2.83. The summed E-state index contributed by atoms with van der Waals surface area (Å²) in [7, 11) is 6.39. The van der Waals surface area contributed by atoms with Crippen LogP contribution in [0.4, 0.5) is 21.9 Å². The minimum absolute atomic E-state index is 0.0143. The van der Waals surface area contributed by atoms with E-state index in [0.717, 1.165) is 4.90 Å². The van der Waals surface area contributed by atoms with Gasteiger partial charge < -0.3 is 51.2 Å². The van der Waals surface area contributed by atoms with Crippen LogP contribution in [0.5, 0.6) is 5.75 Å². The number of aliphatic hydroxyl groups excluding tert-OH is 2. The number of aliphatic hydroxyl groups is 3. The van der Waals surface area contributed by atoms with Crippen LogP contribution in [0.3, 0.4) is 0 Å². The van der Waals surface area contributed by atoms with Crippen molar-refractivity contribution in [2.75, 3.05) is 57.1 Å². The highest BCUT2D eigenvalue weighted by atomic mass is 16.7. The van der Waals surface area contributed by atoms with Crippen molar-refractivity contribution in [3.63, 3.8) is 0 Å². The van der Waals surface area contributed by atoms with Crippen LogP contribution in [0.25, 0.3) is 0 Å². The summed E-state index contributed by atoms with van der Waals surface area (Å²) >= 11 is 0. The third-order valence-electron chi connectivity index (χ3n) is 10.6. The molecule has 2 aromatic rings. The molecule has 0 saturated carbocycles. The molecule has 19 nitrogen and oxygen atoms in total. The summed E-state index contributed by atoms with van der Waals surface area (Å²) in [6.07, 6.45) is -1.12. The first kappa shape index (κ1) is 43.6. The van der Waals surface area contributed by atoms with Gasteiger partial charge in [-0.3, -0.25) is 33.8 Å². The van der Waals surface area contributed by atoms with Gasteiger partial charge in [0.2, 0.25) is 24.4 Å². The molecule has 19 heteroatoms. The van der Waals surface area contributed by atoms with Gasteiger partial charge in [-0.15, -0.1) is 0 Å². The van der Waals surface area contributed by atoms with Crippen molar-refractivity contribution < 1.29 is 63.5 Å². The quantitative estimate of drug-likeness (QED) is 0.0783. The zero-order valence-corrected chi connectivity index (χ0v) is 33.8. The van der Waals surface area contributed by atoms with Crippen LogP contribution in [0.2, 0.25) is 0 Å².